The quantitative estimate of drug-likeness (QED) is 0.291. The molecule has 0 saturated carbocycles. The van der Waals surface area contributed by atoms with E-state index in [9.17, 15) is 4.79 Å². The van der Waals surface area contributed by atoms with E-state index in [1.54, 1.807) is 0 Å². The van der Waals surface area contributed by atoms with Gasteiger partial charge in [-0.15, -0.1) is 0 Å². The van der Waals surface area contributed by atoms with E-state index in [2.05, 4.69) is 36.4 Å². The Balaban J connectivity index is 1.95. The summed E-state index contributed by atoms with van der Waals surface area (Å²) in [5.74, 6) is 0.136. The summed E-state index contributed by atoms with van der Waals surface area (Å²) < 4.78 is 0. The zero-order chi connectivity index (χ0) is 19.2. The molecule has 0 saturated heterocycles. The lowest BCUT2D eigenvalue weighted by Gasteiger charge is -2.35. The molecule has 0 unspecified atom stereocenters. The van der Waals surface area contributed by atoms with Crippen molar-refractivity contribution in [3.8, 4) is 0 Å². The first-order chi connectivity index (χ1) is 13.8. The number of hydrogen-bond acceptors (Lipinski definition) is 1. The number of rotatable bonds is 6. The van der Waals surface area contributed by atoms with Crippen molar-refractivity contribution in [3.63, 3.8) is 0 Å². The van der Waals surface area contributed by atoms with Crippen molar-refractivity contribution in [2.45, 2.75) is 11.8 Å². The van der Waals surface area contributed by atoms with E-state index in [1.165, 1.54) is 0 Å². The number of Topliss-reactive ketones (excluding diaryl/α,β-unsaturated/α-hetero) is 1. The Bertz CT molecular complexity index is 926. The lowest BCUT2D eigenvalue weighted by Crippen LogP contribution is -2.32. The molecule has 0 heterocycles. The van der Waals surface area contributed by atoms with Crippen LogP contribution in [0.25, 0.3) is 0 Å². The van der Waals surface area contributed by atoms with Crippen LogP contribution in [-0.2, 0) is 5.41 Å². The van der Waals surface area contributed by atoms with Gasteiger partial charge in [-0.3, -0.25) is 4.79 Å². The largest absolute Gasteiger partial charge is 0.294 e. The second-order valence-corrected chi connectivity index (χ2v) is 6.97. The van der Waals surface area contributed by atoms with Crippen LogP contribution in [0.2, 0.25) is 0 Å². The van der Waals surface area contributed by atoms with Gasteiger partial charge in [-0.2, -0.15) is 0 Å². The van der Waals surface area contributed by atoms with Crippen molar-refractivity contribution in [1.82, 2.24) is 0 Å². The molecule has 0 fully saturated rings. The van der Waals surface area contributed by atoms with Crippen molar-refractivity contribution in [2.75, 3.05) is 0 Å². The molecule has 1 nitrogen and oxygen atoms in total. The fourth-order valence-corrected chi connectivity index (χ4v) is 3.94. The maximum absolute atomic E-state index is 13.4. The number of ketones is 1. The van der Waals surface area contributed by atoms with Crippen LogP contribution in [-0.4, -0.2) is 5.78 Å². The van der Waals surface area contributed by atoms with Crippen molar-refractivity contribution in [1.29, 1.82) is 0 Å². The highest BCUT2D eigenvalue weighted by Crippen LogP contribution is 2.42. The van der Waals surface area contributed by atoms with Crippen LogP contribution >= 0.6 is 0 Å². The third-order valence-corrected chi connectivity index (χ3v) is 5.32. The van der Waals surface area contributed by atoms with E-state index in [0.717, 1.165) is 22.3 Å². The van der Waals surface area contributed by atoms with Crippen LogP contribution in [0.5, 0.6) is 0 Å². The van der Waals surface area contributed by atoms with E-state index in [4.69, 9.17) is 0 Å². The van der Waals surface area contributed by atoms with Gasteiger partial charge in [0.15, 0.2) is 5.78 Å². The number of carbonyl (C=O) groups is 1. The monoisotopic (exact) mass is 362 g/mol. The van der Waals surface area contributed by atoms with E-state index < -0.39 is 5.41 Å². The van der Waals surface area contributed by atoms with Crippen LogP contribution in [0.4, 0.5) is 0 Å². The average molecular weight is 362 g/mol. The molecular formula is C27H22O. The SMILES string of the molecule is O=C(CC(c1ccccc1)(c1ccccc1)c1ccccc1)c1ccccc1. The molecule has 136 valence electrons. The third-order valence-electron chi connectivity index (χ3n) is 5.32. The lowest BCUT2D eigenvalue weighted by molar-refractivity contribution is 0.0966. The van der Waals surface area contributed by atoms with Crippen LogP contribution in [0.15, 0.2) is 121 Å². The minimum Gasteiger partial charge on any atom is -0.294 e. The van der Waals surface area contributed by atoms with Gasteiger partial charge in [-0.05, 0) is 16.7 Å². The molecule has 4 rings (SSSR count). The Morgan fingerprint density at radius 2 is 0.821 bits per heavy atom. The Kier molecular flexibility index (Phi) is 5.16. The zero-order valence-electron chi connectivity index (χ0n) is 15.7. The number of benzene rings is 4. The summed E-state index contributed by atoms with van der Waals surface area (Å²) in [6.45, 7) is 0. The first kappa shape index (κ1) is 17.9. The highest BCUT2D eigenvalue weighted by molar-refractivity contribution is 5.97. The minimum atomic E-state index is -0.545. The van der Waals surface area contributed by atoms with Gasteiger partial charge in [-0.25, -0.2) is 0 Å². The summed E-state index contributed by atoms with van der Waals surface area (Å²) in [5, 5.41) is 0. The van der Waals surface area contributed by atoms with Gasteiger partial charge in [0.1, 0.15) is 0 Å². The van der Waals surface area contributed by atoms with Gasteiger partial charge in [-0.1, -0.05) is 121 Å². The molecule has 0 atom stereocenters. The van der Waals surface area contributed by atoms with Crippen LogP contribution in [0, 0.1) is 0 Å². The van der Waals surface area contributed by atoms with Gasteiger partial charge in [0.25, 0.3) is 0 Å². The zero-order valence-corrected chi connectivity index (χ0v) is 15.7. The van der Waals surface area contributed by atoms with E-state index in [0.29, 0.717) is 6.42 Å². The van der Waals surface area contributed by atoms with E-state index in [1.807, 2.05) is 84.9 Å². The molecule has 0 aliphatic carbocycles. The molecule has 4 aromatic rings. The molecule has 0 aliphatic heterocycles. The highest BCUT2D eigenvalue weighted by Gasteiger charge is 2.38. The van der Waals surface area contributed by atoms with Crippen molar-refractivity contribution >= 4 is 5.78 Å². The Morgan fingerprint density at radius 3 is 1.18 bits per heavy atom. The van der Waals surface area contributed by atoms with Crippen LogP contribution in [0.3, 0.4) is 0 Å². The molecule has 0 aliphatic rings. The highest BCUT2D eigenvalue weighted by atomic mass is 16.1. The van der Waals surface area contributed by atoms with Crippen LogP contribution < -0.4 is 0 Å². The van der Waals surface area contributed by atoms with Crippen molar-refractivity contribution in [3.05, 3.63) is 144 Å². The normalized spacial score (nSPS) is 11.1. The average Bonchev–Trinajstić information content (AvgIpc) is 2.80. The fraction of sp³-hybridized carbons (Fsp3) is 0.0741. The maximum Gasteiger partial charge on any atom is 0.164 e. The summed E-state index contributed by atoms with van der Waals surface area (Å²) in [4.78, 5) is 13.4. The molecule has 28 heavy (non-hydrogen) atoms. The smallest absolute Gasteiger partial charge is 0.164 e. The standard InChI is InChI=1S/C27H22O/c28-26(22-13-5-1-6-14-22)21-27(23-15-7-2-8-16-23,24-17-9-3-10-18-24)25-19-11-4-12-20-25/h1-20H,21H2. The first-order valence-corrected chi connectivity index (χ1v) is 9.55. The van der Waals surface area contributed by atoms with Gasteiger partial charge < -0.3 is 0 Å². The van der Waals surface area contributed by atoms with Gasteiger partial charge in [0.2, 0.25) is 0 Å². The Morgan fingerprint density at radius 1 is 0.500 bits per heavy atom. The molecule has 0 amide bonds. The summed E-state index contributed by atoms with van der Waals surface area (Å²) in [6.07, 6.45) is 0.370. The number of hydrogen-bond donors (Lipinski definition) is 0. The predicted octanol–water partition coefficient (Wildman–Crippen LogP) is 6.29. The fourth-order valence-electron chi connectivity index (χ4n) is 3.94. The molecule has 0 radical (unpaired) electrons. The van der Waals surface area contributed by atoms with Crippen molar-refractivity contribution in [2.24, 2.45) is 0 Å². The lowest BCUT2D eigenvalue weighted by atomic mass is 9.66. The van der Waals surface area contributed by atoms with Gasteiger partial charge in [0, 0.05) is 12.0 Å². The van der Waals surface area contributed by atoms with E-state index in [-0.39, 0.29) is 5.78 Å². The molecular weight excluding hydrogens is 340 g/mol. The van der Waals surface area contributed by atoms with E-state index >= 15 is 0 Å². The third kappa shape index (κ3) is 3.39. The van der Waals surface area contributed by atoms with Crippen LogP contribution in [0.1, 0.15) is 33.5 Å². The summed E-state index contributed by atoms with van der Waals surface area (Å²) in [6, 6.07) is 40.6. The number of carbonyl (C=O) groups excluding carboxylic acids is 1. The first-order valence-electron chi connectivity index (χ1n) is 9.55. The molecule has 0 aromatic heterocycles. The van der Waals surface area contributed by atoms with Gasteiger partial charge in [0.05, 0.1) is 5.41 Å². The Labute approximate surface area is 166 Å². The van der Waals surface area contributed by atoms with Crippen molar-refractivity contribution < 1.29 is 4.79 Å². The molecule has 4 aromatic carbocycles. The topological polar surface area (TPSA) is 17.1 Å². The Hall–Kier alpha value is -3.45. The second kappa shape index (κ2) is 8.06. The predicted molar refractivity (Wildman–Crippen MR) is 115 cm³/mol. The molecule has 0 bridgehead atoms. The summed E-state index contributed by atoms with van der Waals surface area (Å²) in [5.41, 5.74) is 3.57. The maximum atomic E-state index is 13.4. The summed E-state index contributed by atoms with van der Waals surface area (Å²) in [7, 11) is 0. The molecule has 0 N–H and O–H groups in total. The second-order valence-electron chi connectivity index (χ2n) is 6.97. The van der Waals surface area contributed by atoms with Gasteiger partial charge >= 0.3 is 0 Å². The molecule has 1 heteroatoms. The minimum absolute atomic E-state index is 0.136. The summed E-state index contributed by atoms with van der Waals surface area (Å²) >= 11 is 0. The molecule has 0 spiro atoms.